The second kappa shape index (κ2) is 9.42. The number of carbonyl (C=O) groups excluding carboxylic acids is 1. The summed E-state index contributed by atoms with van der Waals surface area (Å²) in [6.07, 6.45) is 2.83. The van der Waals surface area contributed by atoms with Crippen LogP contribution in [0.4, 0.5) is 4.79 Å². The summed E-state index contributed by atoms with van der Waals surface area (Å²) >= 11 is 0. The number of benzene rings is 2. The molecule has 1 fully saturated rings. The number of hydrogen-bond donors (Lipinski definition) is 1. The van der Waals surface area contributed by atoms with Gasteiger partial charge in [0.05, 0.1) is 0 Å². The first-order valence-electron chi connectivity index (χ1n) is 10.7. The van der Waals surface area contributed by atoms with Crippen LogP contribution in [0.25, 0.3) is 11.1 Å². The predicted molar refractivity (Wildman–Crippen MR) is 114 cm³/mol. The van der Waals surface area contributed by atoms with Crippen LogP contribution in [0.2, 0.25) is 0 Å². The molecule has 0 bridgehead atoms. The minimum Gasteiger partial charge on any atom is -0.448 e. The third-order valence-electron chi connectivity index (χ3n) is 6.10. The van der Waals surface area contributed by atoms with E-state index < -0.39 is 0 Å². The molecule has 29 heavy (non-hydrogen) atoms. The van der Waals surface area contributed by atoms with E-state index in [-0.39, 0.29) is 18.6 Å². The van der Waals surface area contributed by atoms with E-state index in [1.54, 1.807) is 0 Å². The van der Waals surface area contributed by atoms with Crippen LogP contribution in [0.1, 0.15) is 36.3 Å². The second-order valence-electron chi connectivity index (χ2n) is 7.92. The van der Waals surface area contributed by atoms with E-state index in [0.717, 1.165) is 52.0 Å². The van der Waals surface area contributed by atoms with Gasteiger partial charge in [-0.05, 0) is 48.1 Å². The fraction of sp³-hybridized carbons (Fsp3) is 0.458. The van der Waals surface area contributed by atoms with Gasteiger partial charge in [0.1, 0.15) is 6.61 Å². The minimum absolute atomic E-state index is 0.110. The number of ether oxygens (including phenoxy) is 1. The first kappa shape index (κ1) is 19.9. The van der Waals surface area contributed by atoms with E-state index in [1.165, 1.54) is 22.3 Å². The van der Waals surface area contributed by atoms with Crippen molar-refractivity contribution < 1.29 is 14.6 Å². The molecule has 1 aliphatic carbocycles. The van der Waals surface area contributed by atoms with Gasteiger partial charge in [-0.15, -0.1) is 0 Å². The number of carbonyl (C=O) groups is 1. The van der Waals surface area contributed by atoms with Gasteiger partial charge in [-0.2, -0.15) is 0 Å². The van der Waals surface area contributed by atoms with Gasteiger partial charge in [0.15, 0.2) is 0 Å². The Balaban J connectivity index is 1.30. The zero-order valence-electron chi connectivity index (χ0n) is 16.9. The fourth-order valence-electron chi connectivity index (χ4n) is 4.46. The monoisotopic (exact) mass is 394 g/mol. The molecule has 1 heterocycles. The van der Waals surface area contributed by atoms with Crippen LogP contribution in [-0.4, -0.2) is 66.9 Å². The Morgan fingerprint density at radius 3 is 2.14 bits per heavy atom. The van der Waals surface area contributed by atoms with Crippen LogP contribution in [0.3, 0.4) is 0 Å². The average molecular weight is 395 g/mol. The predicted octanol–water partition coefficient (Wildman–Crippen LogP) is 3.72. The molecule has 1 aliphatic heterocycles. The van der Waals surface area contributed by atoms with Crippen molar-refractivity contribution in [2.75, 3.05) is 45.9 Å². The van der Waals surface area contributed by atoms with Crippen molar-refractivity contribution in [3.63, 3.8) is 0 Å². The van der Waals surface area contributed by atoms with Crippen molar-refractivity contribution in [1.29, 1.82) is 0 Å². The molecule has 2 aromatic carbocycles. The number of amides is 1. The van der Waals surface area contributed by atoms with Crippen LogP contribution in [0, 0.1) is 0 Å². The molecule has 0 radical (unpaired) electrons. The van der Waals surface area contributed by atoms with Crippen molar-refractivity contribution >= 4 is 6.09 Å². The van der Waals surface area contributed by atoms with E-state index in [1.807, 2.05) is 4.90 Å². The Bertz CT molecular complexity index is 785. The maximum absolute atomic E-state index is 12.6. The summed E-state index contributed by atoms with van der Waals surface area (Å²) in [5.74, 6) is 0.110. The van der Waals surface area contributed by atoms with Gasteiger partial charge in [0, 0.05) is 38.7 Å². The fourth-order valence-corrected chi connectivity index (χ4v) is 4.46. The molecule has 5 heteroatoms. The standard InChI is InChI=1S/C24H30N2O3/c27-17-7-1-6-12-25-13-15-26(16-14-25)24(28)29-18-23-21-10-4-2-8-19(21)20-9-3-5-11-22(20)23/h2-5,8-11,23,27H,1,6-7,12-18H2. The molecule has 2 aliphatic rings. The van der Waals surface area contributed by atoms with Gasteiger partial charge in [-0.1, -0.05) is 48.5 Å². The first-order chi connectivity index (χ1) is 14.3. The van der Waals surface area contributed by atoms with Gasteiger partial charge in [-0.25, -0.2) is 4.79 Å². The van der Waals surface area contributed by atoms with Crippen molar-refractivity contribution in [1.82, 2.24) is 9.80 Å². The highest BCUT2D eigenvalue weighted by Gasteiger charge is 2.30. The molecule has 2 aromatic rings. The lowest BCUT2D eigenvalue weighted by atomic mass is 9.98. The molecule has 1 saturated heterocycles. The summed E-state index contributed by atoms with van der Waals surface area (Å²) in [5, 5.41) is 8.86. The highest BCUT2D eigenvalue weighted by Crippen LogP contribution is 2.44. The zero-order chi connectivity index (χ0) is 20.1. The summed E-state index contributed by atoms with van der Waals surface area (Å²) in [5.41, 5.74) is 4.99. The van der Waals surface area contributed by atoms with Crippen LogP contribution in [0.15, 0.2) is 48.5 Å². The number of nitrogens with zero attached hydrogens (tertiary/aromatic N) is 2. The normalized spacial score (nSPS) is 16.5. The van der Waals surface area contributed by atoms with Crippen molar-refractivity contribution in [3.05, 3.63) is 59.7 Å². The highest BCUT2D eigenvalue weighted by molar-refractivity contribution is 5.79. The lowest BCUT2D eigenvalue weighted by Gasteiger charge is -2.34. The SMILES string of the molecule is O=C(OCC1c2ccccc2-c2ccccc21)N1CCN(CCCCCO)CC1. The third kappa shape index (κ3) is 4.46. The molecule has 0 atom stereocenters. The number of unbranched alkanes of at least 4 members (excludes halogenated alkanes) is 2. The van der Waals surface area contributed by atoms with Gasteiger partial charge >= 0.3 is 6.09 Å². The molecule has 1 N–H and O–H groups in total. The van der Waals surface area contributed by atoms with Crippen LogP contribution >= 0.6 is 0 Å². The topological polar surface area (TPSA) is 53.0 Å². The Hall–Kier alpha value is -2.37. The quantitative estimate of drug-likeness (QED) is 0.728. The Labute approximate surface area is 172 Å². The molecular weight excluding hydrogens is 364 g/mol. The number of piperazine rings is 1. The first-order valence-corrected chi connectivity index (χ1v) is 10.7. The summed E-state index contributed by atoms with van der Waals surface area (Å²) in [4.78, 5) is 16.9. The zero-order valence-corrected chi connectivity index (χ0v) is 16.9. The van der Waals surface area contributed by atoms with E-state index in [0.29, 0.717) is 6.61 Å². The minimum atomic E-state index is -0.202. The number of rotatable bonds is 7. The summed E-state index contributed by atoms with van der Waals surface area (Å²) in [6, 6.07) is 16.8. The molecule has 0 unspecified atom stereocenters. The van der Waals surface area contributed by atoms with Crippen LogP contribution in [-0.2, 0) is 4.74 Å². The maximum atomic E-state index is 12.6. The van der Waals surface area contributed by atoms with Crippen molar-refractivity contribution in [3.8, 4) is 11.1 Å². The molecule has 5 nitrogen and oxygen atoms in total. The highest BCUT2D eigenvalue weighted by atomic mass is 16.6. The number of aliphatic hydroxyl groups excluding tert-OH is 1. The molecule has 0 spiro atoms. The van der Waals surface area contributed by atoms with Gasteiger partial charge in [0.25, 0.3) is 0 Å². The van der Waals surface area contributed by atoms with Crippen molar-refractivity contribution in [2.24, 2.45) is 0 Å². The lowest BCUT2D eigenvalue weighted by molar-refractivity contribution is 0.0740. The van der Waals surface area contributed by atoms with Gasteiger partial charge in [0.2, 0.25) is 0 Å². The van der Waals surface area contributed by atoms with Crippen LogP contribution < -0.4 is 0 Å². The van der Waals surface area contributed by atoms with Crippen molar-refractivity contribution in [2.45, 2.75) is 25.2 Å². The average Bonchev–Trinajstić information content (AvgIpc) is 3.09. The van der Waals surface area contributed by atoms with E-state index in [4.69, 9.17) is 9.84 Å². The van der Waals surface area contributed by atoms with E-state index in [2.05, 4.69) is 53.4 Å². The summed E-state index contributed by atoms with van der Waals surface area (Å²) in [6.45, 7) is 4.92. The number of hydrogen-bond acceptors (Lipinski definition) is 4. The van der Waals surface area contributed by atoms with Gasteiger partial charge in [-0.3, -0.25) is 4.90 Å². The number of fused-ring (bicyclic) bond motifs is 3. The Morgan fingerprint density at radius 2 is 1.52 bits per heavy atom. The Morgan fingerprint density at radius 1 is 0.897 bits per heavy atom. The Kier molecular flexibility index (Phi) is 6.47. The van der Waals surface area contributed by atoms with Gasteiger partial charge < -0.3 is 14.7 Å². The lowest BCUT2D eigenvalue weighted by Crippen LogP contribution is -2.49. The van der Waals surface area contributed by atoms with Crippen LogP contribution in [0.5, 0.6) is 0 Å². The third-order valence-corrected chi connectivity index (χ3v) is 6.10. The van der Waals surface area contributed by atoms with E-state index in [9.17, 15) is 4.79 Å². The number of aliphatic hydroxyl groups is 1. The molecular formula is C24H30N2O3. The largest absolute Gasteiger partial charge is 0.448 e. The summed E-state index contributed by atoms with van der Waals surface area (Å²) in [7, 11) is 0. The smallest absolute Gasteiger partial charge is 0.409 e. The molecule has 0 saturated carbocycles. The molecule has 1 amide bonds. The molecule has 4 rings (SSSR count). The molecule has 154 valence electrons. The van der Waals surface area contributed by atoms with E-state index >= 15 is 0 Å². The maximum Gasteiger partial charge on any atom is 0.409 e. The summed E-state index contributed by atoms with van der Waals surface area (Å²) < 4.78 is 5.77. The second-order valence-corrected chi connectivity index (χ2v) is 7.92. The molecule has 0 aromatic heterocycles.